The summed E-state index contributed by atoms with van der Waals surface area (Å²) < 4.78 is 34.2. The van der Waals surface area contributed by atoms with Crippen LogP contribution in [0.3, 0.4) is 0 Å². The molecule has 1 saturated heterocycles. The van der Waals surface area contributed by atoms with E-state index in [1.165, 1.54) is 16.8 Å². The van der Waals surface area contributed by atoms with E-state index in [0.29, 0.717) is 38.1 Å². The number of nitrogens with zero attached hydrogens (tertiary/aromatic N) is 4. The number of carbonyl (C=O) groups excluding carboxylic acids is 2. The molecule has 10 heteroatoms. The summed E-state index contributed by atoms with van der Waals surface area (Å²) in [6.45, 7) is 1.68. The Morgan fingerprint density at radius 3 is 2.81 bits per heavy atom. The summed E-state index contributed by atoms with van der Waals surface area (Å²) in [5.74, 6) is -0.400. The monoisotopic (exact) mass is 510 g/mol. The number of ketones is 1. The molecule has 0 saturated carbocycles. The highest BCUT2D eigenvalue weighted by Crippen LogP contribution is 2.39. The van der Waals surface area contributed by atoms with Crippen LogP contribution in [0.1, 0.15) is 35.2 Å². The number of methoxy groups -OCH3 is 1. The Morgan fingerprint density at radius 1 is 1.22 bits per heavy atom. The van der Waals surface area contributed by atoms with E-state index in [1.807, 2.05) is 30.3 Å². The first-order valence-electron chi connectivity index (χ1n) is 12.2. The average molecular weight is 511 g/mol. The molecule has 3 heterocycles. The maximum atomic E-state index is 13.4. The Hall–Kier alpha value is -3.08. The van der Waals surface area contributed by atoms with Crippen LogP contribution in [-0.4, -0.2) is 67.3 Å². The summed E-state index contributed by atoms with van der Waals surface area (Å²) in [5.41, 5.74) is 2.37. The second-order valence-electron chi connectivity index (χ2n) is 9.50. The molecule has 0 spiro atoms. The Bertz CT molecular complexity index is 1430. The zero-order valence-corrected chi connectivity index (χ0v) is 21.3. The second kappa shape index (κ2) is 9.76. The summed E-state index contributed by atoms with van der Waals surface area (Å²) in [4.78, 5) is 32.2. The molecule has 190 valence electrons. The van der Waals surface area contributed by atoms with Crippen LogP contribution >= 0.6 is 0 Å². The number of amides is 1. The Labute approximate surface area is 210 Å². The molecule has 0 N–H and O–H groups in total. The summed E-state index contributed by atoms with van der Waals surface area (Å²) in [7, 11) is -0.379. The third kappa shape index (κ3) is 4.33. The fourth-order valence-corrected chi connectivity index (χ4v) is 6.75. The molecule has 3 aromatic rings. The van der Waals surface area contributed by atoms with Crippen molar-refractivity contribution in [3.63, 3.8) is 0 Å². The lowest BCUT2D eigenvalue weighted by atomic mass is 9.89. The minimum atomic E-state index is -3.74. The van der Waals surface area contributed by atoms with Crippen molar-refractivity contribution < 1.29 is 22.7 Å². The van der Waals surface area contributed by atoms with Gasteiger partial charge in [-0.05, 0) is 42.3 Å². The summed E-state index contributed by atoms with van der Waals surface area (Å²) >= 11 is 0. The first kappa shape index (κ1) is 24.6. The number of benzene rings is 2. The van der Waals surface area contributed by atoms with Crippen molar-refractivity contribution in [1.82, 2.24) is 13.9 Å². The molecule has 2 aromatic carbocycles. The van der Waals surface area contributed by atoms with Crippen molar-refractivity contribution in [1.29, 1.82) is 0 Å². The SMILES string of the molecule is COCCCN1C(=O)c2cccc3c(CC(=O)C4CCCN(S(=O)(=O)c5cn(C)cn5)C4)ccc1c23. The number of hydrogen-bond acceptors (Lipinski definition) is 6. The van der Waals surface area contributed by atoms with Crippen LogP contribution < -0.4 is 4.90 Å². The Balaban J connectivity index is 1.36. The van der Waals surface area contributed by atoms with Crippen molar-refractivity contribution in [3.05, 3.63) is 54.0 Å². The van der Waals surface area contributed by atoms with E-state index in [1.54, 1.807) is 23.6 Å². The lowest BCUT2D eigenvalue weighted by Crippen LogP contribution is -2.42. The van der Waals surface area contributed by atoms with Gasteiger partial charge < -0.3 is 14.2 Å². The van der Waals surface area contributed by atoms with E-state index in [0.717, 1.165) is 28.4 Å². The second-order valence-corrected chi connectivity index (χ2v) is 11.4. The molecular formula is C26H30N4O5S. The fraction of sp³-hybridized carbons (Fsp3) is 0.423. The number of Topliss-reactive ketones (excluding diaryl/α,β-unsaturated/α-hetero) is 1. The third-order valence-corrected chi connectivity index (χ3v) is 8.85. The van der Waals surface area contributed by atoms with Crippen LogP contribution in [-0.2, 0) is 33.0 Å². The number of hydrogen-bond donors (Lipinski definition) is 0. The minimum absolute atomic E-state index is 0.00493. The number of aryl methyl sites for hydroxylation is 1. The standard InChI is InChI=1S/C26H30N4O5S/c1-28-16-24(27-17-28)36(33,34)29-11-4-6-19(15-29)23(31)14-18-9-10-22-25-20(18)7-3-8-21(25)26(32)30(22)12-5-13-35-2/h3,7-10,16-17,19H,4-6,11-15H2,1-2H3. The predicted molar refractivity (Wildman–Crippen MR) is 136 cm³/mol. The smallest absolute Gasteiger partial charge is 0.262 e. The van der Waals surface area contributed by atoms with Crippen LogP contribution in [0.25, 0.3) is 10.8 Å². The molecule has 2 aliphatic heterocycles. The van der Waals surface area contributed by atoms with Crippen molar-refractivity contribution in [2.24, 2.45) is 13.0 Å². The van der Waals surface area contributed by atoms with Crippen LogP contribution in [0.4, 0.5) is 5.69 Å². The van der Waals surface area contributed by atoms with E-state index in [4.69, 9.17) is 4.74 Å². The zero-order valence-electron chi connectivity index (χ0n) is 20.5. The lowest BCUT2D eigenvalue weighted by Gasteiger charge is -2.30. The number of carbonyl (C=O) groups is 2. The van der Waals surface area contributed by atoms with Crippen LogP contribution in [0.15, 0.2) is 47.9 Å². The largest absolute Gasteiger partial charge is 0.385 e. The van der Waals surface area contributed by atoms with Gasteiger partial charge >= 0.3 is 0 Å². The molecule has 9 nitrogen and oxygen atoms in total. The molecule has 1 fully saturated rings. The maximum Gasteiger partial charge on any atom is 0.262 e. The van der Waals surface area contributed by atoms with Gasteiger partial charge in [0.1, 0.15) is 5.78 Å². The molecule has 1 aromatic heterocycles. The van der Waals surface area contributed by atoms with Gasteiger partial charge in [0.25, 0.3) is 15.9 Å². The van der Waals surface area contributed by atoms with Crippen LogP contribution in [0.2, 0.25) is 0 Å². The molecule has 1 unspecified atom stereocenters. The first-order chi connectivity index (χ1) is 17.3. The van der Waals surface area contributed by atoms with Crippen LogP contribution in [0, 0.1) is 5.92 Å². The summed E-state index contributed by atoms with van der Waals surface area (Å²) in [6, 6.07) is 9.48. The van der Waals surface area contributed by atoms with Gasteiger partial charge in [0.05, 0.1) is 12.0 Å². The van der Waals surface area contributed by atoms with E-state index >= 15 is 0 Å². The van der Waals surface area contributed by atoms with Crippen LogP contribution in [0.5, 0.6) is 0 Å². The molecule has 0 aliphatic carbocycles. The van der Waals surface area contributed by atoms with Gasteiger partial charge in [0.2, 0.25) is 0 Å². The number of ether oxygens (including phenoxy) is 1. The van der Waals surface area contributed by atoms with E-state index < -0.39 is 10.0 Å². The lowest BCUT2D eigenvalue weighted by molar-refractivity contribution is -0.123. The highest BCUT2D eigenvalue weighted by molar-refractivity contribution is 7.89. The van der Waals surface area contributed by atoms with E-state index in [-0.39, 0.29) is 35.6 Å². The van der Waals surface area contributed by atoms with Gasteiger partial charge in [-0.3, -0.25) is 9.59 Å². The van der Waals surface area contributed by atoms with Gasteiger partial charge in [0, 0.05) is 69.9 Å². The number of anilines is 1. The molecule has 2 aliphatic rings. The van der Waals surface area contributed by atoms with Gasteiger partial charge in [-0.15, -0.1) is 0 Å². The van der Waals surface area contributed by atoms with Crippen molar-refractivity contribution >= 4 is 38.2 Å². The number of rotatable bonds is 9. The van der Waals surface area contributed by atoms with Gasteiger partial charge in [-0.2, -0.15) is 4.31 Å². The van der Waals surface area contributed by atoms with E-state index in [9.17, 15) is 18.0 Å². The molecule has 5 rings (SSSR count). The van der Waals surface area contributed by atoms with Crippen molar-refractivity contribution in [2.45, 2.75) is 30.7 Å². The number of sulfonamides is 1. The summed E-state index contributed by atoms with van der Waals surface area (Å²) in [6.07, 6.45) is 5.14. The molecule has 0 bridgehead atoms. The highest BCUT2D eigenvalue weighted by Gasteiger charge is 2.35. The first-order valence-corrected chi connectivity index (χ1v) is 13.6. The number of imidazole rings is 1. The fourth-order valence-electron chi connectivity index (χ4n) is 5.26. The molecule has 36 heavy (non-hydrogen) atoms. The van der Waals surface area contributed by atoms with Gasteiger partial charge in [-0.1, -0.05) is 18.2 Å². The number of aromatic nitrogens is 2. The van der Waals surface area contributed by atoms with Crippen molar-refractivity contribution in [2.75, 3.05) is 38.3 Å². The molecule has 0 radical (unpaired) electrons. The predicted octanol–water partition coefficient (Wildman–Crippen LogP) is 2.78. The summed E-state index contributed by atoms with van der Waals surface area (Å²) in [5, 5.41) is 1.79. The molecular weight excluding hydrogens is 480 g/mol. The third-order valence-electron chi connectivity index (χ3n) is 7.10. The van der Waals surface area contributed by atoms with E-state index in [2.05, 4.69) is 4.98 Å². The topological polar surface area (TPSA) is 102 Å². The zero-order chi connectivity index (χ0) is 25.4. The molecule has 1 amide bonds. The van der Waals surface area contributed by atoms with Gasteiger partial charge in [0.15, 0.2) is 5.03 Å². The average Bonchev–Trinajstić information content (AvgIpc) is 3.44. The number of piperidine rings is 1. The Kier molecular flexibility index (Phi) is 6.67. The maximum absolute atomic E-state index is 13.4. The normalized spacial score (nSPS) is 18.3. The Morgan fingerprint density at radius 2 is 2.06 bits per heavy atom. The highest BCUT2D eigenvalue weighted by atomic mass is 32.2. The molecule has 1 atom stereocenters. The quantitative estimate of drug-likeness (QED) is 0.410. The van der Waals surface area contributed by atoms with Gasteiger partial charge in [-0.25, -0.2) is 13.4 Å². The minimum Gasteiger partial charge on any atom is -0.385 e. The van der Waals surface area contributed by atoms with Crippen molar-refractivity contribution in [3.8, 4) is 0 Å².